The predicted octanol–water partition coefficient (Wildman–Crippen LogP) is 1.70. The van der Waals surface area contributed by atoms with Crippen LogP contribution < -0.4 is 5.32 Å². The monoisotopic (exact) mass is 325 g/mol. The zero-order valence-corrected chi connectivity index (χ0v) is 14.7. The summed E-state index contributed by atoms with van der Waals surface area (Å²) in [7, 11) is 0. The van der Waals surface area contributed by atoms with Gasteiger partial charge in [-0.05, 0) is 25.2 Å². The highest BCUT2D eigenvalue weighted by Gasteiger charge is 2.29. The van der Waals surface area contributed by atoms with E-state index in [0.29, 0.717) is 51.3 Å². The molecular formula is C17H31N3O3. The van der Waals surface area contributed by atoms with Gasteiger partial charge in [0, 0.05) is 32.2 Å². The molecule has 1 aliphatic carbocycles. The van der Waals surface area contributed by atoms with E-state index in [2.05, 4.69) is 19.2 Å². The van der Waals surface area contributed by atoms with Crippen molar-refractivity contribution < 1.29 is 14.3 Å². The van der Waals surface area contributed by atoms with E-state index in [1.807, 2.05) is 4.90 Å². The normalized spacial score (nSPS) is 28.6. The molecule has 2 amide bonds. The topological polar surface area (TPSA) is 61.9 Å². The van der Waals surface area contributed by atoms with Crippen LogP contribution in [0.1, 0.15) is 40.0 Å². The van der Waals surface area contributed by atoms with Crippen LogP contribution in [0.25, 0.3) is 0 Å². The molecule has 0 spiro atoms. The van der Waals surface area contributed by atoms with E-state index in [1.165, 1.54) is 12.8 Å². The summed E-state index contributed by atoms with van der Waals surface area (Å²) < 4.78 is 5.00. The van der Waals surface area contributed by atoms with Crippen LogP contribution in [-0.2, 0) is 9.53 Å². The SMILES string of the molecule is CCOC(=O)N1CCN(C(=O)CN[C@@H]2CCC[C@H](C)[C@H]2C)CC1. The summed E-state index contributed by atoms with van der Waals surface area (Å²) in [6, 6.07) is 0.448. The minimum atomic E-state index is -0.275. The Balaban J connectivity index is 1.72. The Kier molecular flexibility index (Phi) is 6.69. The van der Waals surface area contributed by atoms with Crippen LogP contribution in [0.15, 0.2) is 0 Å². The number of carbonyl (C=O) groups excluding carboxylic acids is 2. The Morgan fingerprint density at radius 3 is 2.39 bits per heavy atom. The average Bonchev–Trinajstić information content (AvgIpc) is 2.56. The molecule has 2 fully saturated rings. The first-order chi connectivity index (χ1) is 11.0. The van der Waals surface area contributed by atoms with Gasteiger partial charge in [0.15, 0.2) is 0 Å². The number of hydrogen-bond acceptors (Lipinski definition) is 4. The maximum absolute atomic E-state index is 12.4. The molecule has 1 aliphatic heterocycles. The fourth-order valence-corrected chi connectivity index (χ4v) is 3.55. The first-order valence-corrected chi connectivity index (χ1v) is 8.95. The first-order valence-electron chi connectivity index (χ1n) is 8.95. The smallest absolute Gasteiger partial charge is 0.409 e. The molecule has 0 aromatic carbocycles. The number of amides is 2. The van der Waals surface area contributed by atoms with Crippen LogP contribution >= 0.6 is 0 Å². The van der Waals surface area contributed by atoms with Crippen molar-refractivity contribution in [1.82, 2.24) is 15.1 Å². The van der Waals surface area contributed by atoms with Crippen molar-refractivity contribution in [2.75, 3.05) is 39.3 Å². The van der Waals surface area contributed by atoms with Crippen LogP contribution in [0.3, 0.4) is 0 Å². The maximum atomic E-state index is 12.4. The molecule has 3 atom stereocenters. The van der Waals surface area contributed by atoms with Gasteiger partial charge < -0.3 is 19.9 Å². The zero-order valence-electron chi connectivity index (χ0n) is 14.7. The molecule has 0 bridgehead atoms. The van der Waals surface area contributed by atoms with Gasteiger partial charge in [0.2, 0.25) is 5.91 Å². The summed E-state index contributed by atoms with van der Waals surface area (Å²) in [5.41, 5.74) is 0. The molecule has 0 aromatic heterocycles. The number of carbonyl (C=O) groups is 2. The second kappa shape index (κ2) is 8.52. The third kappa shape index (κ3) is 4.83. The molecule has 0 radical (unpaired) electrons. The number of hydrogen-bond donors (Lipinski definition) is 1. The van der Waals surface area contributed by atoms with E-state index < -0.39 is 0 Å². The largest absolute Gasteiger partial charge is 0.450 e. The molecule has 1 heterocycles. The molecule has 1 saturated heterocycles. The molecule has 2 aliphatic rings. The third-order valence-electron chi connectivity index (χ3n) is 5.38. The predicted molar refractivity (Wildman–Crippen MR) is 89.1 cm³/mol. The Hall–Kier alpha value is -1.30. The van der Waals surface area contributed by atoms with Gasteiger partial charge in [-0.2, -0.15) is 0 Å². The van der Waals surface area contributed by atoms with Crippen molar-refractivity contribution in [1.29, 1.82) is 0 Å². The fourth-order valence-electron chi connectivity index (χ4n) is 3.55. The first kappa shape index (κ1) is 18.0. The molecule has 132 valence electrons. The summed E-state index contributed by atoms with van der Waals surface area (Å²) in [6.07, 6.45) is 3.43. The van der Waals surface area contributed by atoms with E-state index in [0.717, 1.165) is 12.3 Å². The van der Waals surface area contributed by atoms with Crippen molar-refractivity contribution in [2.24, 2.45) is 11.8 Å². The molecular weight excluding hydrogens is 294 g/mol. The maximum Gasteiger partial charge on any atom is 0.409 e. The van der Waals surface area contributed by atoms with Crippen LogP contribution in [-0.4, -0.2) is 67.2 Å². The van der Waals surface area contributed by atoms with Gasteiger partial charge in [-0.1, -0.05) is 26.7 Å². The van der Waals surface area contributed by atoms with Gasteiger partial charge in [-0.15, -0.1) is 0 Å². The van der Waals surface area contributed by atoms with Gasteiger partial charge in [0.05, 0.1) is 13.2 Å². The number of rotatable bonds is 4. The molecule has 6 nitrogen and oxygen atoms in total. The number of ether oxygens (including phenoxy) is 1. The van der Waals surface area contributed by atoms with Crippen LogP contribution in [0.2, 0.25) is 0 Å². The summed E-state index contributed by atoms with van der Waals surface area (Å²) in [5, 5.41) is 3.46. The molecule has 6 heteroatoms. The second-order valence-corrected chi connectivity index (χ2v) is 6.82. The lowest BCUT2D eigenvalue weighted by molar-refractivity contribution is -0.132. The summed E-state index contributed by atoms with van der Waals surface area (Å²) in [6.45, 7) is 9.48. The highest BCUT2D eigenvalue weighted by atomic mass is 16.6. The highest BCUT2D eigenvalue weighted by molar-refractivity contribution is 5.78. The number of nitrogens with one attached hydrogen (secondary N) is 1. The molecule has 0 unspecified atom stereocenters. The third-order valence-corrected chi connectivity index (χ3v) is 5.38. The molecule has 2 rings (SSSR count). The zero-order chi connectivity index (χ0) is 16.8. The van der Waals surface area contributed by atoms with E-state index in [1.54, 1.807) is 11.8 Å². The number of piperazine rings is 1. The minimum Gasteiger partial charge on any atom is -0.450 e. The quantitative estimate of drug-likeness (QED) is 0.854. The Morgan fingerprint density at radius 1 is 1.09 bits per heavy atom. The fraction of sp³-hybridized carbons (Fsp3) is 0.882. The second-order valence-electron chi connectivity index (χ2n) is 6.82. The van der Waals surface area contributed by atoms with E-state index >= 15 is 0 Å². The average molecular weight is 325 g/mol. The summed E-state index contributed by atoms with van der Waals surface area (Å²) in [5.74, 6) is 1.49. The molecule has 0 aromatic rings. The minimum absolute atomic E-state index is 0.138. The van der Waals surface area contributed by atoms with Gasteiger partial charge in [0.1, 0.15) is 0 Å². The van der Waals surface area contributed by atoms with Gasteiger partial charge in [-0.25, -0.2) is 4.79 Å². The standard InChI is InChI=1S/C17H31N3O3/c1-4-23-17(22)20-10-8-19(9-11-20)16(21)12-18-15-7-5-6-13(2)14(15)3/h13-15,18H,4-12H2,1-3H3/t13-,14+,15+/m0/s1. The van der Waals surface area contributed by atoms with Crippen molar-refractivity contribution in [3.63, 3.8) is 0 Å². The molecule has 1 N–H and O–H groups in total. The van der Waals surface area contributed by atoms with Crippen LogP contribution in [0, 0.1) is 11.8 Å². The lowest BCUT2D eigenvalue weighted by Gasteiger charge is -2.36. The highest BCUT2D eigenvalue weighted by Crippen LogP contribution is 2.29. The van der Waals surface area contributed by atoms with Crippen molar-refractivity contribution in [2.45, 2.75) is 46.1 Å². The Morgan fingerprint density at radius 2 is 1.74 bits per heavy atom. The van der Waals surface area contributed by atoms with Crippen LogP contribution in [0.4, 0.5) is 4.79 Å². The number of nitrogens with zero attached hydrogens (tertiary/aromatic N) is 2. The van der Waals surface area contributed by atoms with Gasteiger partial charge in [-0.3, -0.25) is 4.79 Å². The van der Waals surface area contributed by atoms with E-state index in [4.69, 9.17) is 4.74 Å². The Labute approximate surface area is 139 Å². The van der Waals surface area contributed by atoms with E-state index in [-0.39, 0.29) is 12.0 Å². The lowest BCUT2D eigenvalue weighted by atomic mass is 9.78. The van der Waals surface area contributed by atoms with Gasteiger partial charge >= 0.3 is 6.09 Å². The van der Waals surface area contributed by atoms with Crippen LogP contribution in [0.5, 0.6) is 0 Å². The lowest BCUT2D eigenvalue weighted by Crippen LogP contribution is -2.53. The summed E-state index contributed by atoms with van der Waals surface area (Å²) in [4.78, 5) is 27.5. The van der Waals surface area contributed by atoms with Gasteiger partial charge in [0.25, 0.3) is 0 Å². The molecule has 23 heavy (non-hydrogen) atoms. The van der Waals surface area contributed by atoms with E-state index in [9.17, 15) is 9.59 Å². The molecule has 1 saturated carbocycles. The van der Waals surface area contributed by atoms with Crippen molar-refractivity contribution in [3.8, 4) is 0 Å². The van der Waals surface area contributed by atoms with Crippen molar-refractivity contribution in [3.05, 3.63) is 0 Å². The Bertz CT molecular complexity index is 408. The summed E-state index contributed by atoms with van der Waals surface area (Å²) >= 11 is 0. The van der Waals surface area contributed by atoms with Crippen molar-refractivity contribution >= 4 is 12.0 Å².